The Balaban J connectivity index is 1.84. The van der Waals surface area contributed by atoms with E-state index >= 15 is 0 Å². The first kappa shape index (κ1) is 19.4. The molecule has 0 amide bonds. The van der Waals surface area contributed by atoms with Crippen LogP contribution in [0.2, 0.25) is 5.02 Å². The summed E-state index contributed by atoms with van der Waals surface area (Å²) in [4.78, 5) is 9.13. The Morgan fingerprint density at radius 1 is 1.38 bits per heavy atom. The molecule has 1 aromatic carbocycles. The Bertz CT molecular complexity index is 616. The number of rotatable bonds is 5. The van der Waals surface area contributed by atoms with Gasteiger partial charge in [-0.25, -0.2) is 4.39 Å². The Morgan fingerprint density at radius 2 is 2.15 bits per heavy atom. The molecule has 144 valence electrons. The minimum absolute atomic E-state index is 0.174. The number of halogens is 2. The summed E-state index contributed by atoms with van der Waals surface area (Å²) in [7, 11) is 0. The van der Waals surface area contributed by atoms with Gasteiger partial charge >= 0.3 is 0 Å². The van der Waals surface area contributed by atoms with Gasteiger partial charge in [0.15, 0.2) is 5.96 Å². The third-order valence-electron chi connectivity index (χ3n) is 5.13. The molecule has 3 rings (SSSR count). The van der Waals surface area contributed by atoms with Crippen molar-refractivity contribution < 1.29 is 9.50 Å². The highest BCUT2D eigenvalue weighted by molar-refractivity contribution is 6.31. The fourth-order valence-corrected chi connectivity index (χ4v) is 4.09. The molecule has 5 nitrogen and oxygen atoms in total. The van der Waals surface area contributed by atoms with Crippen LogP contribution in [-0.2, 0) is 0 Å². The third kappa shape index (κ3) is 4.48. The van der Waals surface area contributed by atoms with Gasteiger partial charge in [0.05, 0.1) is 18.7 Å². The molecule has 0 saturated carbocycles. The molecule has 2 heterocycles. The van der Waals surface area contributed by atoms with Crippen molar-refractivity contribution in [3.05, 3.63) is 34.6 Å². The molecule has 7 heteroatoms. The smallest absolute Gasteiger partial charge is 0.194 e. The zero-order valence-corrected chi connectivity index (χ0v) is 16.1. The Labute approximate surface area is 159 Å². The summed E-state index contributed by atoms with van der Waals surface area (Å²) in [6.45, 7) is 6.44. The summed E-state index contributed by atoms with van der Waals surface area (Å²) < 4.78 is 14.6. The van der Waals surface area contributed by atoms with Gasteiger partial charge in [0, 0.05) is 30.2 Å². The summed E-state index contributed by atoms with van der Waals surface area (Å²) in [6.07, 6.45) is 2.67. The first-order valence-corrected chi connectivity index (χ1v) is 9.87. The van der Waals surface area contributed by atoms with Crippen LogP contribution in [0, 0.1) is 5.82 Å². The molecule has 0 bridgehead atoms. The van der Waals surface area contributed by atoms with Gasteiger partial charge in [-0.05, 0) is 51.4 Å². The normalized spacial score (nSPS) is 22.8. The van der Waals surface area contributed by atoms with Gasteiger partial charge in [0.2, 0.25) is 0 Å². The molecule has 0 aliphatic carbocycles. The molecule has 2 aliphatic rings. The van der Waals surface area contributed by atoms with E-state index in [0.717, 1.165) is 51.4 Å². The molecular formula is C19H28ClFN4O. The summed E-state index contributed by atoms with van der Waals surface area (Å²) in [6, 6.07) is 4.68. The summed E-state index contributed by atoms with van der Waals surface area (Å²) in [5.74, 6) is 0.506. The first-order chi connectivity index (χ1) is 12.6. The van der Waals surface area contributed by atoms with Gasteiger partial charge in [0.1, 0.15) is 5.82 Å². The van der Waals surface area contributed by atoms with E-state index in [9.17, 15) is 9.50 Å². The quantitative estimate of drug-likeness (QED) is 0.607. The minimum atomic E-state index is -0.311. The topological polar surface area (TPSA) is 51.1 Å². The van der Waals surface area contributed by atoms with E-state index in [2.05, 4.69) is 15.1 Å². The lowest BCUT2D eigenvalue weighted by Crippen LogP contribution is -2.41. The van der Waals surface area contributed by atoms with Crippen molar-refractivity contribution in [2.45, 2.75) is 38.3 Å². The maximum atomic E-state index is 14.6. The van der Waals surface area contributed by atoms with E-state index in [-0.39, 0.29) is 18.0 Å². The number of guanidine groups is 1. The van der Waals surface area contributed by atoms with Crippen LogP contribution < -0.4 is 5.32 Å². The van der Waals surface area contributed by atoms with Crippen LogP contribution in [0.3, 0.4) is 0 Å². The lowest BCUT2D eigenvalue weighted by Gasteiger charge is -2.29. The van der Waals surface area contributed by atoms with Crippen LogP contribution in [0.15, 0.2) is 23.2 Å². The lowest BCUT2D eigenvalue weighted by molar-refractivity contribution is 0.187. The average Bonchev–Trinajstić information content (AvgIpc) is 3.28. The van der Waals surface area contributed by atoms with Crippen LogP contribution in [-0.4, -0.2) is 66.2 Å². The number of aliphatic hydroxyl groups excluding tert-OH is 1. The van der Waals surface area contributed by atoms with E-state index in [0.29, 0.717) is 23.7 Å². The molecule has 1 aromatic rings. The fraction of sp³-hybridized carbons (Fsp3) is 0.632. The number of aliphatic imine (C=N–C) groups is 1. The van der Waals surface area contributed by atoms with E-state index in [1.165, 1.54) is 6.07 Å². The van der Waals surface area contributed by atoms with Crippen molar-refractivity contribution in [1.29, 1.82) is 0 Å². The molecule has 2 aliphatic heterocycles. The standard InChI is InChI=1S/C19H28ClFN4O/c1-2-22-19(25-11-8-14(26)13-25)23-12-17(24-9-3-4-10-24)18-15(20)6-5-7-16(18)21/h5-7,14,17,26H,2-4,8-13H2,1H3,(H,22,23)/t14-,17?/m1/s1. The number of aliphatic hydroxyl groups is 1. The van der Waals surface area contributed by atoms with Gasteiger partial charge in [-0.15, -0.1) is 0 Å². The van der Waals surface area contributed by atoms with Gasteiger partial charge in [0.25, 0.3) is 0 Å². The lowest BCUT2D eigenvalue weighted by atomic mass is 10.0. The molecule has 1 unspecified atom stereocenters. The van der Waals surface area contributed by atoms with Crippen LogP contribution in [0.4, 0.5) is 4.39 Å². The van der Waals surface area contributed by atoms with Crippen molar-refractivity contribution >= 4 is 17.6 Å². The molecule has 2 N–H and O–H groups in total. The molecular weight excluding hydrogens is 355 g/mol. The summed E-state index contributed by atoms with van der Waals surface area (Å²) in [5.41, 5.74) is 0.539. The molecule has 2 atom stereocenters. The largest absolute Gasteiger partial charge is 0.391 e. The molecule has 2 saturated heterocycles. The van der Waals surface area contributed by atoms with Crippen molar-refractivity contribution in [1.82, 2.24) is 15.1 Å². The highest BCUT2D eigenvalue weighted by Gasteiger charge is 2.29. The monoisotopic (exact) mass is 382 g/mol. The maximum Gasteiger partial charge on any atom is 0.194 e. The molecule has 0 spiro atoms. The van der Waals surface area contributed by atoms with Crippen LogP contribution >= 0.6 is 11.6 Å². The second-order valence-electron chi connectivity index (χ2n) is 6.98. The molecule has 26 heavy (non-hydrogen) atoms. The van der Waals surface area contributed by atoms with E-state index < -0.39 is 0 Å². The third-order valence-corrected chi connectivity index (χ3v) is 5.46. The second kappa shape index (κ2) is 9.02. The van der Waals surface area contributed by atoms with Crippen LogP contribution in [0.25, 0.3) is 0 Å². The molecule has 0 radical (unpaired) electrons. The number of likely N-dealkylation sites (tertiary alicyclic amines) is 2. The van der Waals surface area contributed by atoms with Crippen molar-refractivity contribution in [3.8, 4) is 0 Å². The predicted molar refractivity (Wildman–Crippen MR) is 103 cm³/mol. The van der Waals surface area contributed by atoms with Gasteiger partial charge in [-0.1, -0.05) is 17.7 Å². The van der Waals surface area contributed by atoms with Gasteiger partial charge < -0.3 is 15.3 Å². The summed E-state index contributed by atoms with van der Waals surface area (Å²) in [5, 5.41) is 13.6. The first-order valence-electron chi connectivity index (χ1n) is 9.49. The number of benzene rings is 1. The predicted octanol–water partition coefficient (Wildman–Crippen LogP) is 2.65. The number of hydrogen-bond donors (Lipinski definition) is 2. The highest BCUT2D eigenvalue weighted by Crippen LogP contribution is 2.32. The number of β-amino-alcohol motifs (C(OH)–C–C–N with tert-alkyl or cyclic N) is 1. The molecule has 2 fully saturated rings. The van der Waals surface area contributed by atoms with Crippen LogP contribution in [0.5, 0.6) is 0 Å². The van der Waals surface area contributed by atoms with Crippen molar-refractivity contribution in [2.24, 2.45) is 4.99 Å². The maximum absolute atomic E-state index is 14.6. The number of nitrogens with zero attached hydrogens (tertiary/aromatic N) is 3. The minimum Gasteiger partial charge on any atom is -0.391 e. The Hall–Kier alpha value is -1.37. The van der Waals surface area contributed by atoms with Crippen molar-refractivity contribution in [3.63, 3.8) is 0 Å². The van der Waals surface area contributed by atoms with E-state index in [4.69, 9.17) is 16.6 Å². The van der Waals surface area contributed by atoms with Crippen molar-refractivity contribution in [2.75, 3.05) is 39.3 Å². The highest BCUT2D eigenvalue weighted by atomic mass is 35.5. The van der Waals surface area contributed by atoms with E-state index in [1.54, 1.807) is 12.1 Å². The summed E-state index contributed by atoms with van der Waals surface area (Å²) >= 11 is 6.35. The zero-order chi connectivity index (χ0) is 18.5. The molecule has 0 aromatic heterocycles. The number of nitrogens with one attached hydrogen (secondary N) is 1. The zero-order valence-electron chi connectivity index (χ0n) is 15.3. The van der Waals surface area contributed by atoms with Gasteiger partial charge in [-0.3, -0.25) is 9.89 Å². The average molecular weight is 383 g/mol. The second-order valence-corrected chi connectivity index (χ2v) is 7.38. The van der Waals surface area contributed by atoms with E-state index in [1.807, 2.05) is 6.92 Å². The fourth-order valence-electron chi connectivity index (χ4n) is 3.80. The van der Waals surface area contributed by atoms with Gasteiger partial charge in [-0.2, -0.15) is 0 Å². The SMILES string of the molecule is CCNC(=NCC(c1c(F)cccc1Cl)N1CCCC1)N1CC[C@@H](O)C1. The number of hydrogen-bond acceptors (Lipinski definition) is 3. The van der Waals surface area contributed by atoms with Crippen LogP contribution in [0.1, 0.15) is 37.8 Å². The Morgan fingerprint density at radius 3 is 2.77 bits per heavy atom. The Kier molecular flexibility index (Phi) is 6.73.